The zero-order valence-electron chi connectivity index (χ0n) is 15.1. The molecule has 1 aliphatic heterocycles. The zero-order valence-corrected chi connectivity index (χ0v) is 16.0. The van der Waals surface area contributed by atoms with Gasteiger partial charge < -0.3 is 18.8 Å². The molecule has 0 radical (unpaired) electrons. The Bertz CT molecular complexity index is 820. The normalized spacial score (nSPS) is 15.3. The molecular formula is C17H20F2NO5P. The van der Waals surface area contributed by atoms with Crippen LogP contribution in [0.2, 0.25) is 0 Å². The Hall–Kier alpha value is -2.26. The Morgan fingerprint density at radius 3 is 2.38 bits per heavy atom. The molecule has 0 N–H and O–H groups in total. The van der Waals surface area contributed by atoms with Gasteiger partial charge in [0, 0.05) is 5.54 Å². The quantitative estimate of drug-likeness (QED) is 0.585. The summed E-state index contributed by atoms with van der Waals surface area (Å²) in [5.74, 6) is 1.45. The molecule has 2 rings (SSSR count). The number of amides is 1. The lowest BCUT2D eigenvalue weighted by molar-refractivity contribution is -0.286. The van der Waals surface area contributed by atoms with Gasteiger partial charge in [-0.3, -0.25) is 4.90 Å². The molecule has 1 aromatic carbocycles. The number of ether oxygens (including phenoxy) is 3. The summed E-state index contributed by atoms with van der Waals surface area (Å²) >= 11 is 0. The largest absolute Gasteiger partial charge is 0.586 e. The van der Waals surface area contributed by atoms with Crippen molar-refractivity contribution in [3.05, 3.63) is 12.1 Å². The van der Waals surface area contributed by atoms with Crippen molar-refractivity contribution in [2.75, 3.05) is 24.8 Å². The standard InChI is InChI=1S/C17H20F2NO5P/c1-7-10-23-15(21)20(16(2,3)4)11-8-9-12(26(5,6)22)14-13(11)24-17(18,19)25-14/h1,8-9H,10H2,2-6H3. The average Bonchev–Trinajstić information content (AvgIpc) is 2.77. The molecule has 6 nitrogen and oxygen atoms in total. The number of alkyl halides is 2. The second-order valence-corrected chi connectivity index (χ2v) is 10.2. The number of halogens is 2. The smallest absolute Gasteiger partial charge is 0.436 e. The summed E-state index contributed by atoms with van der Waals surface area (Å²) in [4.78, 5) is 13.6. The third-order valence-corrected chi connectivity index (χ3v) is 4.98. The molecule has 1 heterocycles. The Morgan fingerprint density at radius 2 is 1.88 bits per heavy atom. The topological polar surface area (TPSA) is 65.1 Å². The van der Waals surface area contributed by atoms with Crippen LogP contribution in [0, 0.1) is 12.3 Å². The highest BCUT2D eigenvalue weighted by atomic mass is 31.2. The molecular weight excluding hydrogens is 367 g/mol. The molecule has 1 aliphatic rings. The minimum absolute atomic E-state index is 0.00361. The van der Waals surface area contributed by atoms with Gasteiger partial charge in [-0.25, -0.2) is 4.79 Å². The van der Waals surface area contributed by atoms with E-state index >= 15 is 0 Å². The van der Waals surface area contributed by atoms with Crippen LogP contribution in [0.25, 0.3) is 0 Å². The fourth-order valence-electron chi connectivity index (χ4n) is 2.50. The molecule has 0 fully saturated rings. The summed E-state index contributed by atoms with van der Waals surface area (Å²) in [6.45, 7) is 7.61. The van der Waals surface area contributed by atoms with Gasteiger partial charge in [0.05, 0.1) is 11.0 Å². The van der Waals surface area contributed by atoms with Gasteiger partial charge in [0.2, 0.25) is 0 Å². The van der Waals surface area contributed by atoms with E-state index in [-0.39, 0.29) is 29.1 Å². The number of carbonyl (C=O) groups excluding carboxylic acids is 1. The molecule has 0 saturated carbocycles. The molecule has 26 heavy (non-hydrogen) atoms. The summed E-state index contributed by atoms with van der Waals surface area (Å²) in [6, 6.07) is 2.76. The van der Waals surface area contributed by atoms with Gasteiger partial charge in [0.25, 0.3) is 0 Å². The fourth-order valence-corrected chi connectivity index (χ4v) is 3.57. The van der Waals surface area contributed by atoms with E-state index in [0.717, 1.165) is 4.90 Å². The van der Waals surface area contributed by atoms with Gasteiger partial charge in [-0.2, -0.15) is 0 Å². The predicted molar refractivity (Wildman–Crippen MR) is 94.1 cm³/mol. The second kappa shape index (κ2) is 6.48. The molecule has 1 aromatic rings. The lowest BCUT2D eigenvalue weighted by Crippen LogP contribution is -2.46. The minimum atomic E-state index is -3.94. The molecule has 0 bridgehead atoms. The van der Waals surface area contributed by atoms with E-state index in [1.54, 1.807) is 20.8 Å². The second-order valence-electron chi connectivity index (χ2n) is 7.05. The SMILES string of the molecule is C#CCOC(=O)N(c1ccc(P(C)(C)=O)c2c1OC(F)(F)O2)C(C)(C)C. The molecule has 142 valence electrons. The van der Waals surface area contributed by atoms with E-state index < -0.39 is 25.1 Å². The lowest BCUT2D eigenvalue weighted by Gasteiger charge is -2.35. The van der Waals surface area contributed by atoms with Gasteiger partial charge in [0.1, 0.15) is 7.14 Å². The van der Waals surface area contributed by atoms with E-state index in [4.69, 9.17) is 11.2 Å². The van der Waals surface area contributed by atoms with Crippen molar-refractivity contribution in [2.24, 2.45) is 0 Å². The number of anilines is 1. The summed E-state index contributed by atoms with van der Waals surface area (Å²) in [5, 5.41) is 0.0966. The molecule has 1 amide bonds. The van der Waals surface area contributed by atoms with Crippen LogP contribution in [-0.2, 0) is 9.30 Å². The number of fused-ring (bicyclic) bond motifs is 1. The zero-order chi connectivity index (χ0) is 19.9. The highest BCUT2D eigenvalue weighted by Gasteiger charge is 2.49. The van der Waals surface area contributed by atoms with Gasteiger partial charge in [-0.15, -0.1) is 15.2 Å². The Labute approximate surface area is 150 Å². The van der Waals surface area contributed by atoms with E-state index in [0.29, 0.717) is 0 Å². The predicted octanol–water partition coefficient (Wildman–Crippen LogP) is 3.63. The first-order valence-corrected chi connectivity index (χ1v) is 10.3. The van der Waals surface area contributed by atoms with Crippen LogP contribution in [0.1, 0.15) is 20.8 Å². The lowest BCUT2D eigenvalue weighted by atomic mass is 10.0. The van der Waals surface area contributed by atoms with Crippen LogP contribution in [0.15, 0.2) is 12.1 Å². The number of rotatable bonds is 3. The summed E-state index contributed by atoms with van der Waals surface area (Å²) in [5.41, 5.74) is -0.853. The summed E-state index contributed by atoms with van der Waals surface area (Å²) < 4.78 is 54.1. The first kappa shape index (κ1) is 20.1. The van der Waals surface area contributed by atoms with Crippen LogP contribution in [0.4, 0.5) is 19.3 Å². The van der Waals surface area contributed by atoms with Crippen LogP contribution >= 0.6 is 7.14 Å². The molecule has 0 atom stereocenters. The van der Waals surface area contributed by atoms with Gasteiger partial charge in [-0.05, 0) is 46.2 Å². The van der Waals surface area contributed by atoms with Gasteiger partial charge >= 0.3 is 12.4 Å². The Balaban J connectivity index is 2.66. The van der Waals surface area contributed by atoms with E-state index in [9.17, 15) is 18.1 Å². The molecule has 0 aromatic heterocycles. The number of hydrogen-bond donors (Lipinski definition) is 0. The van der Waals surface area contributed by atoms with Crippen molar-refractivity contribution < 1.29 is 32.4 Å². The average molecular weight is 387 g/mol. The highest BCUT2D eigenvalue weighted by molar-refractivity contribution is 7.70. The number of carbonyl (C=O) groups is 1. The van der Waals surface area contributed by atoms with Crippen LogP contribution in [0.5, 0.6) is 11.5 Å². The number of benzene rings is 1. The maximum absolute atomic E-state index is 13.8. The molecule has 0 spiro atoms. The van der Waals surface area contributed by atoms with E-state index in [1.165, 1.54) is 25.5 Å². The Morgan fingerprint density at radius 1 is 1.31 bits per heavy atom. The van der Waals surface area contributed by atoms with Gasteiger partial charge in [-0.1, -0.05) is 5.92 Å². The highest BCUT2D eigenvalue weighted by Crippen LogP contribution is 2.52. The van der Waals surface area contributed by atoms with Crippen molar-refractivity contribution in [3.63, 3.8) is 0 Å². The summed E-state index contributed by atoms with van der Waals surface area (Å²) in [6.07, 6.45) is 0.329. The Kier molecular flexibility index (Phi) is 5.00. The van der Waals surface area contributed by atoms with Crippen LogP contribution < -0.4 is 19.7 Å². The first-order valence-electron chi connectivity index (χ1n) is 7.67. The molecule has 0 aliphatic carbocycles. The van der Waals surface area contributed by atoms with Crippen molar-refractivity contribution >= 4 is 24.2 Å². The number of terminal acetylenes is 1. The van der Waals surface area contributed by atoms with Crippen LogP contribution in [-0.4, -0.2) is 37.9 Å². The molecule has 0 unspecified atom stereocenters. The molecule has 9 heteroatoms. The molecule has 0 saturated heterocycles. The van der Waals surface area contributed by atoms with Crippen molar-refractivity contribution in [1.82, 2.24) is 0 Å². The monoisotopic (exact) mass is 387 g/mol. The van der Waals surface area contributed by atoms with Crippen molar-refractivity contribution in [3.8, 4) is 23.8 Å². The number of hydrogen-bond acceptors (Lipinski definition) is 5. The van der Waals surface area contributed by atoms with Gasteiger partial charge in [0.15, 0.2) is 18.1 Å². The maximum Gasteiger partial charge on any atom is 0.586 e. The van der Waals surface area contributed by atoms with Crippen molar-refractivity contribution in [1.29, 1.82) is 0 Å². The van der Waals surface area contributed by atoms with E-state index in [1.807, 2.05) is 0 Å². The number of nitrogens with zero attached hydrogens (tertiary/aromatic N) is 1. The van der Waals surface area contributed by atoms with Crippen LogP contribution in [0.3, 0.4) is 0 Å². The first-order chi connectivity index (χ1) is 11.8. The third kappa shape index (κ3) is 3.94. The third-order valence-electron chi connectivity index (χ3n) is 3.47. The minimum Gasteiger partial charge on any atom is -0.436 e. The fraction of sp³-hybridized carbons (Fsp3) is 0.471. The maximum atomic E-state index is 13.8. The van der Waals surface area contributed by atoms with E-state index in [2.05, 4.69) is 15.4 Å². The van der Waals surface area contributed by atoms with Crippen molar-refractivity contribution in [2.45, 2.75) is 32.6 Å². The summed E-state index contributed by atoms with van der Waals surface area (Å²) in [7, 11) is -2.95.